The van der Waals surface area contributed by atoms with Gasteiger partial charge in [-0.05, 0) is 51.9 Å². The third-order valence-corrected chi connectivity index (χ3v) is 3.15. The van der Waals surface area contributed by atoms with Crippen LogP contribution in [0.15, 0.2) is 12.5 Å². The molecule has 0 radical (unpaired) electrons. The Morgan fingerprint density at radius 3 is 2.94 bits per heavy atom. The highest BCUT2D eigenvalue weighted by atomic mass is 15.1. The maximum Gasteiger partial charge on any atom is 0.0922 e. The number of rotatable bonds is 7. The highest BCUT2D eigenvalue weighted by molar-refractivity contribution is 4.92. The van der Waals surface area contributed by atoms with E-state index in [-0.39, 0.29) is 0 Å². The van der Waals surface area contributed by atoms with E-state index in [0.29, 0.717) is 0 Å². The zero-order valence-corrected chi connectivity index (χ0v) is 9.91. The first-order valence-electron chi connectivity index (χ1n) is 6.35. The largest absolute Gasteiger partial charge is 0.347 e. The number of hydrogen-bond acceptors (Lipinski definition) is 3. The number of unbranched alkanes of at least 4 members (excludes halogenated alkanes) is 1. The Balaban J connectivity index is 1.43. The van der Waals surface area contributed by atoms with E-state index in [2.05, 4.69) is 20.2 Å². The zero-order chi connectivity index (χ0) is 11.1. The topological polar surface area (TPSA) is 44.0 Å². The van der Waals surface area contributed by atoms with Gasteiger partial charge in [0, 0.05) is 18.4 Å². The van der Waals surface area contributed by atoms with Crippen molar-refractivity contribution in [2.45, 2.75) is 32.2 Å². The molecule has 4 heteroatoms. The minimum absolute atomic E-state index is 0.906. The molecule has 1 fully saturated rings. The van der Waals surface area contributed by atoms with Gasteiger partial charge in [0.25, 0.3) is 0 Å². The second kappa shape index (κ2) is 6.66. The lowest BCUT2D eigenvalue weighted by molar-refractivity contribution is 0.329. The van der Waals surface area contributed by atoms with Gasteiger partial charge in [0.1, 0.15) is 0 Å². The van der Waals surface area contributed by atoms with Crippen molar-refractivity contribution in [1.82, 2.24) is 20.2 Å². The molecule has 2 N–H and O–H groups in total. The Kier molecular flexibility index (Phi) is 4.83. The molecule has 4 nitrogen and oxygen atoms in total. The van der Waals surface area contributed by atoms with Gasteiger partial charge < -0.3 is 15.2 Å². The van der Waals surface area contributed by atoms with Crippen LogP contribution in [-0.2, 0) is 6.54 Å². The van der Waals surface area contributed by atoms with Crippen LogP contribution in [0, 0.1) is 0 Å². The van der Waals surface area contributed by atoms with Crippen LogP contribution in [0.5, 0.6) is 0 Å². The van der Waals surface area contributed by atoms with Gasteiger partial charge in [-0.3, -0.25) is 0 Å². The monoisotopic (exact) mass is 222 g/mol. The molecular weight excluding hydrogens is 200 g/mol. The standard InChI is InChI=1S/C12H22N4/c1(2-6-16-7-3-4-8-16)5-13-9-12-10-14-11-15-12/h10-11,13H,1-9H2,(H,14,15). The summed E-state index contributed by atoms with van der Waals surface area (Å²) in [6, 6.07) is 0. The van der Waals surface area contributed by atoms with Gasteiger partial charge >= 0.3 is 0 Å². The maximum absolute atomic E-state index is 3.99. The summed E-state index contributed by atoms with van der Waals surface area (Å²) in [5, 5.41) is 3.42. The molecule has 1 aliphatic rings. The van der Waals surface area contributed by atoms with Crippen molar-refractivity contribution in [1.29, 1.82) is 0 Å². The van der Waals surface area contributed by atoms with Gasteiger partial charge in [0.05, 0.1) is 6.33 Å². The first-order chi connectivity index (χ1) is 7.95. The van der Waals surface area contributed by atoms with E-state index in [4.69, 9.17) is 0 Å². The smallest absolute Gasteiger partial charge is 0.0922 e. The van der Waals surface area contributed by atoms with Gasteiger partial charge in [0.15, 0.2) is 0 Å². The lowest BCUT2D eigenvalue weighted by atomic mass is 10.3. The minimum atomic E-state index is 0.906. The molecule has 2 heterocycles. The van der Waals surface area contributed by atoms with E-state index in [1.807, 2.05) is 6.20 Å². The van der Waals surface area contributed by atoms with E-state index in [0.717, 1.165) is 13.1 Å². The van der Waals surface area contributed by atoms with Crippen LogP contribution in [0.2, 0.25) is 0 Å². The fourth-order valence-electron chi connectivity index (χ4n) is 2.20. The number of nitrogens with zero attached hydrogens (tertiary/aromatic N) is 2. The van der Waals surface area contributed by atoms with Crippen LogP contribution in [-0.4, -0.2) is 41.0 Å². The zero-order valence-electron chi connectivity index (χ0n) is 9.91. The number of nitrogens with one attached hydrogen (secondary N) is 2. The molecule has 0 saturated carbocycles. The van der Waals surface area contributed by atoms with Gasteiger partial charge in [-0.15, -0.1) is 0 Å². The van der Waals surface area contributed by atoms with Crippen LogP contribution >= 0.6 is 0 Å². The molecule has 1 aromatic heterocycles. The van der Waals surface area contributed by atoms with Gasteiger partial charge in [-0.2, -0.15) is 0 Å². The Hall–Kier alpha value is -0.870. The fraction of sp³-hybridized carbons (Fsp3) is 0.750. The molecule has 1 aliphatic heterocycles. The number of aromatic amines is 1. The molecule has 0 unspecified atom stereocenters. The van der Waals surface area contributed by atoms with E-state index in [1.54, 1.807) is 6.33 Å². The number of H-pyrrole nitrogens is 1. The minimum Gasteiger partial charge on any atom is -0.347 e. The van der Waals surface area contributed by atoms with Gasteiger partial charge in [-0.25, -0.2) is 4.98 Å². The number of aromatic nitrogens is 2. The highest BCUT2D eigenvalue weighted by Crippen LogP contribution is 2.07. The molecule has 2 rings (SSSR count). The summed E-state index contributed by atoms with van der Waals surface area (Å²) in [6.07, 6.45) is 8.98. The molecule has 0 bridgehead atoms. The van der Waals surface area contributed by atoms with Crippen molar-refractivity contribution in [2.24, 2.45) is 0 Å². The summed E-state index contributed by atoms with van der Waals surface area (Å²) >= 11 is 0. The number of imidazole rings is 1. The van der Waals surface area contributed by atoms with Crippen LogP contribution < -0.4 is 5.32 Å². The summed E-state index contributed by atoms with van der Waals surface area (Å²) in [7, 11) is 0. The second-order valence-corrected chi connectivity index (χ2v) is 4.51. The normalized spacial score (nSPS) is 17.0. The van der Waals surface area contributed by atoms with Crippen molar-refractivity contribution < 1.29 is 0 Å². The predicted molar refractivity (Wildman–Crippen MR) is 65.2 cm³/mol. The molecule has 1 aromatic rings. The Morgan fingerprint density at radius 1 is 1.31 bits per heavy atom. The van der Waals surface area contributed by atoms with Crippen molar-refractivity contribution in [3.05, 3.63) is 18.2 Å². The summed E-state index contributed by atoms with van der Waals surface area (Å²) in [4.78, 5) is 9.66. The average Bonchev–Trinajstić information content (AvgIpc) is 2.96. The summed E-state index contributed by atoms with van der Waals surface area (Å²) < 4.78 is 0. The van der Waals surface area contributed by atoms with Crippen LogP contribution in [0.3, 0.4) is 0 Å². The van der Waals surface area contributed by atoms with E-state index in [9.17, 15) is 0 Å². The van der Waals surface area contributed by atoms with Crippen LogP contribution in [0.25, 0.3) is 0 Å². The summed E-state index contributed by atoms with van der Waals surface area (Å²) in [5.41, 5.74) is 1.17. The third-order valence-electron chi connectivity index (χ3n) is 3.15. The quantitative estimate of drug-likeness (QED) is 0.685. The lowest BCUT2D eigenvalue weighted by Gasteiger charge is -2.13. The van der Waals surface area contributed by atoms with Gasteiger partial charge in [-0.1, -0.05) is 0 Å². The Bertz CT molecular complexity index is 265. The first kappa shape index (κ1) is 11.6. The van der Waals surface area contributed by atoms with E-state index < -0.39 is 0 Å². The van der Waals surface area contributed by atoms with Crippen molar-refractivity contribution in [2.75, 3.05) is 26.2 Å². The molecule has 1 saturated heterocycles. The molecule has 0 aliphatic carbocycles. The first-order valence-corrected chi connectivity index (χ1v) is 6.35. The Morgan fingerprint density at radius 2 is 2.19 bits per heavy atom. The van der Waals surface area contributed by atoms with Gasteiger partial charge in [0.2, 0.25) is 0 Å². The predicted octanol–water partition coefficient (Wildman–Crippen LogP) is 1.38. The van der Waals surface area contributed by atoms with Crippen molar-refractivity contribution in [3.8, 4) is 0 Å². The fourth-order valence-corrected chi connectivity index (χ4v) is 2.20. The average molecular weight is 222 g/mol. The highest BCUT2D eigenvalue weighted by Gasteiger charge is 2.09. The second-order valence-electron chi connectivity index (χ2n) is 4.51. The molecule has 16 heavy (non-hydrogen) atoms. The van der Waals surface area contributed by atoms with Crippen LogP contribution in [0.4, 0.5) is 0 Å². The Labute approximate surface area is 97.4 Å². The van der Waals surface area contributed by atoms with E-state index in [1.165, 1.54) is 51.0 Å². The number of likely N-dealkylation sites (tertiary alicyclic amines) is 1. The van der Waals surface area contributed by atoms with Crippen molar-refractivity contribution >= 4 is 0 Å². The number of hydrogen-bond donors (Lipinski definition) is 2. The lowest BCUT2D eigenvalue weighted by Crippen LogP contribution is -2.22. The summed E-state index contributed by atoms with van der Waals surface area (Å²) in [6.45, 7) is 5.94. The molecule has 90 valence electrons. The van der Waals surface area contributed by atoms with Crippen LogP contribution in [0.1, 0.15) is 31.4 Å². The molecule has 0 spiro atoms. The van der Waals surface area contributed by atoms with E-state index >= 15 is 0 Å². The molecule has 0 atom stereocenters. The van der Waals surface area contributed by atoms with Crippen molar-refractivity contribution in [3.63, 3.8) is 0 Å². The maximum atomic E-state index is 3.99. The molecular formula is C12H22N4. The molecule has 0 aromatic carbocycles. The summed E-state index contributed by atoms with van der Waals surface area (Å²) in [5.74, 6) is 0. The third kappa shape index (κ3) is 3.94. The molecule has 0 amide bonds. The SMILES string of the molecule is c1ncc(CNCCCCN2CCCC2)[nH]1.